The van der Waals surface area contributed by atoms with Gasteiger partial charge in [0.2, 0.25) is 11.8 Å². The first kappa shape index (κ1) is 18.9. The van der Waals surface area contributed by atoms with Crippen LogP contribution < -0.4 is 10.6 Å². The van der Waals surface area contributed by atoms with Crippen LogP contribution in [0.3, 0.4) is 0 Å². The first-order valence-electron chi connectivity index (χ1n) is 9.06. The van der Waals surface area contributed by atoms with Gasteiger partial charge in [0.25, 0.3) is 0 Å². The van der Waals surface area contributed by atoms with E-state index in [1.165, 1.54) is 6.42 Å². The third kappa shape index (κ3) is 5.56. The Hall–Kier alpha value is -1.47. The van der Waals surface area contributed by atoms with Crippen LogP contribution in [0.2, 0.25) is 0 Å². The van der Waals surface area contributed by atoms with Gasteiger partial charge in [-0.3, -0.25) is 10.1 Å². The first-order chi connectivity index (χ1) is 11.7. The number of hydrogen-bond donors (Lipinski definition) is 2. The van der Waals surface area contributed by atoms with Gasteiger partial charge in [-0.2, -0.15) is 4.98 Å². The molecule has 0 aromatic carbocycles. The molecule has 7 heteroatoms. The van der Waals surface area contributed by atoms with E-state index < -0.39 is 0 Å². The van der Waals surface area contributed by atoms with Gasteiger partial charge < -0.3 is 14.6 Å². The van der Waals surface area contributed by atoms with Gasteiger partial charge in [0.1, 0.15) is 0 Å². The number of rotatable bonds is 10. The zero-order chi connectivity index (χ0) is 17.3. The summed E-state index contributed by atoms with van der Waals surface area (Å²) in [5, 5.41) is 10.4. The summed E-state index contributed by atoms with van der Waals surface area (Å²) in [5.74, 6) is 1.21. The molecule has 1 saturated carbocycles. The van der Waals surface area contributed by atoms with Crippen LogP contribution in [0.25, 0.3) is 0 Å². The fraction of sp³-hybridized carbons (Fsp3) is 0.824. The number of aromatic nitrogens is 2. The lowest BCUT2D eigenvalue weighted by Crippen LogP contribution is -2.49. The van der Waals surface area contributed by atoms with Gasteiger partial charge in [-0.15, -0.1) is 0 Å². The summed E-state index contributed by atoms with van der Waals surface area (Å²) >= 11 is 0. The third-order valence-electron chi connectivity index (χ3n) is 4.46. The molecule has 1 fully saturated rings. The average Bonchev–Trinajstić information content (AvgIpc) is 3.04. The maximum absolute atomic E-state index is 12.1. The Morgan fingerprint density at radius 3 is 2.75 bits per heavy atom. The topological polar surface area (TPSA) is 89.3 Å². The molecule has 136 valence electrons. The zero-order valence-electron chi connectivity index (χ0n) is 14.9. The molecule has 2 rings (SSSR count). The van der Waals surface area contributed by atoms with Crippen LogP contribution in [0, 0.1) is 6.92 Å². The van der Waals surface area contributed by atoms with E-state index >= 15 is 0 Å². The number of carbonyl (C=O) groups is 1. The molecular formula is C17H30N4O3. The fourth-order valence-electron chi connectivity index (χ4n) is 3.05. The first-order valence-corrected chi connectivity index (χ1v) is 9.06. The Labute approximate surface area is 143 Å². The Morgan fingerprint density at radius 1 is 1.29 bits per heavy atom. The Kier molecular flexibility index (Phi) is 7.65. The molecule has 0 bridgehead atoms. The SMILES string of the molecule is CCCCOCCNC(=O)CNC1(c2noc(C)n2)CCCCC1. The number of unbranched alkanes of at least 4 members (excludes halogenated alkanes) is 1. The Balaban J connectivity index is 1.77. The smallest absolute Gasteiger partial charge is 0.234 e. The normalized spacial score (nSPS) is 16.9. The van der Waals surface area contributed by atoms with Crippen LogP contribution in [-0.2, 0) is 15.1 Å². The van der Waals surface area contributed by atoms with Gasteiger partial charge in [0.05, 0.1) is 18.7 Å². The molecule has 0 saturated heterocycles. The van der Waals surface area contributed by atoms with Crippen LogP contribution in [-0.4, -0.2) is 42.4 Å². The molecule has 0 unspecified atom stereocenters. The van der Waals surface area contributed by atoms with Gasteiger partial charge in [0, 0.05) is 20.1 Å². The van der Waals surface area contributed by atoms with Crippen molar-refractivity contribution in [3.05, 3.63) is 11.7 Å². The predicted octanol–water partition coefficient (Wildman–Crippen LogP) is 2.06. The molecule has 0 aliphatic heterocycles. The van der Waals surface area contributed by atoms with Gasteiger partial charge in [-0.25, -0.2) is 0 Å². The van der Waals surface area contributed by atoms with Crippen LogP contribution in [0.1, 0.15) is 63.6 Å². The number of carbonyl (C=O) groups excluding carboxylic acids is 1. The molecule has 0 spiro atoms. The van der Waals surface area contributed by atoms with Crippen molar-refractivity contribution in [2.75, 3.05) is 26.3 Å². The molecule has 2 N–H and O–H groups in total. The molecule has 1 aliphatic rings. The van der Waals surface area contributed by atoms with E-state index in [1.807, 2.05) is 0 Å². The minimum absolute atomic E-state index is 0.0285. The monoisotopic (exact) mass is 338 g/mol. The molecule has 1 heterocycles. The van der Waals surface area contributed by atoms with Crippen molar-refractivity contribution in [3.63, 3.8) is 0 Å². The second kappa shape index (κ2) is 9.74. The minimum atomic E-state index is -0.342. The number of amides is 1. The highest BCUT2D eigenvalue weighted by atomic mass is 16.5. The van der Waals surface area contributed by atoms with Crippen molar-refractivity contribution in [1.29, 1.82) is 0 Å². The lowest BCUT2D eigenvalue weighted by Gasteiger charge is -2.35. The predicted molar refractivity (Wildman–Crippen MR) is 90.5 cm³/mol. The van der Waals surface area contributed by atoms with Crippen LogP contribution in [0.15, 0.2) is 4.52 Å². The number of nitrogens with zero attached hydrogens (tertiary/aromatic N) is 2. The summed E-state index contributed by atoms with van der Waals surface area (Å²) < 4.78 is 10.6. The lowest BCUT2D eigenvalue weighted by atomic mass is 9.81. The summed E-state index contributed by atoms with van der Waals surface area (Å²) in [6.07, 6.45) is 7.46. The summed E-state index contributed by atoms with van der Waals surface area (Å²) in [7, 11) is 0. The highest BCUT2D eigenvalue weighted by molar-refractivity contribution is 5.78. The molecular weight excluding hydrogens is 308 g/mol. The number of ether oxygens (including phenoxy) is 1. The average molecular weight is 338 g/mol. The maximum Gasteiger partial charge on any atom is 0.234 e. The molecule has 24 heavy (non-hydrogen) atoms. The van der Waals surface area contributed by atoms with Crippen molar-refractivity contribution in [2.45, 2.75) is 64.3 Å². The molecule has 7 nitrogen and oxygen atoms in total. The van der Waals surface area contributed by atoms with Crippen molar-refractivity contribution in [2.24, 2.45) is 0 Å². The largest absolute Gasteiger partial charge is 0.380 e. The summed E-state index contributed by atoms with van der Waals surface area (Å²) in [6, 6.07) is 0. The van der Waals surface area contributed by atoms with Crippen molar-refractivity contribution in [3.8, 4) is 0 Å². The van der Waals surface area contributed by atoms with Crippen molar-refractivity contribution < 1.29 is 14.1 Å². The van der Waals surface area contributed by atoms with E-state index in [9.17, 15) is 4.79 Å². The second-order valence-electron chi connectivity index (χ2n) is 6.45. The maximum atomic E-state index is 12.1. The molecule has 1 aliphatic carbocycles. The second-order valence-corrected chi connectivity index (χ2v) is 6.45. The van der Waals surface area contributed by atoms with Gasteiger partial charge >= 0.3 is 0 Å². The quantitative estimate of drug-likeness (QED) is 0.635. The van der Waals surface area contributed by atoms with E-state index in [0.29, 0.717) is 24.9 Å². The number of aryl methyl sites for hydroxylation is 1. The van der Waals surface area contributed by atoms with Crippen molar-refractivity contribution >= 4 is 5.91 Å². The van der Waals surface area contributed by atoms with Crippen molar-refractivity contribution in [1.82, 2.24) is 20.8 Å². The van der Waals surface area contributed by atoms with Crippen LogP contribution >= 0.6 is 0 Å². The van der Waals surface area contributed by atoms with E-state index in [-0.39, 0.29) is 18.0 Å². The van der Waals surface area contributed by atoms with Gasteiger partial charge in [0.15, 0.2) is 5.82 Å². The molecule has 1 aromatic heterocycles. The lowest BCUT2D eigenvalue weighted by molar-refractivity contribution is -0.121. The Morgan fingerprint density at radius 2 is 2.08 bits per heavy atom. The fourth-order valence-corrected chi connectivity index (χ4v) is 3.05. The van der Waals surface area contributed by atoms with Crippen LogP contribution in [0.4, 0.5) is 0 Å². The summed E-state index contributed by atoms with van der Waals surface area (Å²) in [4.78, 5) is 16.5. The molecule has 1 amide bonds. The highest BCUT2D eigenvalue weighted by Gasteiger charge is 2.38. The van der Waals surface area contributed by atoms with E-state index in [2.05, 4.69) is 27.7 Å². The summed E-state index contributed by atoms with van der Waals surface area (Å²) in [5.41, 5.74) is -0.342. The third-order valence-corrected chi connectivity index (χ3v) is 4.46. The summed E-state index contributed by atoms with van der Waals surface area (Å²) in [6.45, 7) is 6.02. The zero-order valence-corrected chi connectivity index (χ0v) is 14.9. The number of hydrogen-bond acceptors (Lipinski definition) is 6. The standard InChI is InChI=1S/C17H30N4O3/c1-3-4-11-23-12-10-18-15(22)13-19-17(8-6-5-7-9-17)16-20-14(2)24-21-16/h19H,3-13H2,1-2H3,(H,18,22). The number of nitrogens with one attached hydrogen (secondary N) is 2. The highest BCUT2D eigenvalue weighted by Crippen LogP contribution is 2.35. The molecule has 0 atom stereocenters. The van der Waals surface area contributed by atoms with Gasteiger partial charge in [-0.05, 0) is 19.3 Å². The molecule has 1 aromatic rings. The van der Waals surface area contributed by atoms with E-state index in [0.717, 1.165) is 45.1 Å². The minimum Gasteiger partial charge on any atom is -0.380 e. The Bertz CT molecular complexity index is 498. The van der Waals surface area contributed by atoms with Gasteiger partial charge in [-0.1, -0.05) is 37.8 Å². The molecule has 0 radical (unpaired) electrons. The van der Waals surface area contributed by atoms with Crippen LogP contribution in [0.5, 0.6) is 0 Å². The van der Waals surface area contributed by atoms with E-state index in [1.54, 1.807) is 6.92 Å². The van der Waals surface area contributed by atoms with E-state index in [4.69, 9.17) is 9.26 Å².